The number of benzene rings is 2. The van der Waals surface area contributed by atoms with Gasteiger partial charge in [0.05, 0.1) is 18.5 Å². The maximum absolute atomic E-state index is 12.5. The molecule has 1 amide bonds. The van der Waals surface area contributed by atoms with Gasteiger partial charge in [0, 0.05) is 25.4 Å². The smallest absolute Gasteiger partial charge is 0.230 e. The van der Waals surface area contributed by atoms with Gasteiger partial charge in [-0.3, -0.25) is 14.6 Å². The zero-order valence-electron chi connectivity index (χ0n) is 18.5. The lowest BCUT2D eigenvalue weighted by Gasteiger charge is -2.23. The highest BCUT2D eigenvalue weighted by atomic mass is 32.1. The molecule has 0 saturated heterocycles. The minimum atomic E-state index is -0.0301. The van der Waals surface area contributed by atoms with Crippen LogP contribution in [0.4, 0.5) is 10.8 Å². The van der Waals surface area contributed by atoms with Gasteiger partial charge in [0.15, 0.2) is 5.13 Å². The minimum absolute atomic E-state index is 0.0301. The molecule has 2 aromatic carbocycles. The van der Waals surface area contributed by atoms with E-state index < -0.39 is 0 Å². The second-order valence-corrected chi connectivity index (χ2v) is 8.58. The molecule has 3 aromatic rings. The van der Waals surface area contributed by atoms with Crippen LogP contribution in [-0.4, -0.2) is 29.9 Å². The SMILES string of the molecule is COc1ccc(CN(C)Cc2csc(N(C(C)=O)c3c(C)cc(C)cc3C)n2)cc1. The topological polar surface area (TPSA) is 45.7 Å². The summed E-state index contributed by atoms with van der Waals surface area (Å²) < 4.78 is 5.22. The normalized spacial score (nSPS) is 11.0. The number of carbonyl (C=O) groups excluding carboxylic acids is 1. The predicted octanol–water partition coefficient (Wildman–Crippen LogP) is 5.39. The highest BCUT2D eigenvalue weighted by Gasteiger charge is 2.22. The van der Waals surface area contributed by atoms with Crippen LogP contribution in [0.15, 0.2) is 41.8 Å². The summed E-state index contributed by atoms with van der Waals surface area (Å²) in [5.74, 6) is 0.828. The molecule has 0 aliphatic heterocycles. The molecule has 0 saturated carbocycles. The van der Waals surface area contributed by atoms with E-state index in [0.717, 1.165) is 34.8 Å². The van der Waals surface area contributed by atoms with Crippen molar-refractivity contribution < 1.29 is 9.53 Å². The van der Waals surface area contributed by atoms with Gasteiger partial charge in [-0.05, 0) is 56.6 Å². The van der Waals surface area contributed by atoms with Crippen LogP contribution in [0.2, 0.25) is 0 Å². The molecule has 1 heterocycles. The molecule has 0 fully saturated rings. The molecule has 158 valence electrons. The number of carbonyl (C=O) groups is 1. The second-order valence-electron chi connectivity index (χ2n) is 7.74. The number of ether oxygens (including phenoxy) is 1. The average molecular weight is 424 g/mol. The van der Waals surface area contributed by atoms with E-state index in [1.54, 1.807) is 18.9 Å². The van der Waals surface area contributed by atoms with E-state index in [0.29, 0.717) is 11.7 Å². The van der Waals surface area contributed by atoms with Crippen molar-refractivity contribution in [2.24, 2.45) is 0 Å². The Morgan fingerprint density at radius 3 is 2.27 bits per heavy atom. The fourth-order valence-corrected chi connectivity index (χ4v) is 4.62. The number of hydrogen-bond acceptors (Lipinski definition) is 5. The third-order valence-electron chi connectivity index (χ3n) is 4.95. The number of thiazole rings is 1. The summed E-state index contributed by atoms with van der Waals surface area (Å²) in [5, 5.41) is 2.75. The van der Waals surface area contributed by atoms with Gasteiger partial charge in [-0.25, -0.2) is 4.98 Å². The molecule has 0 spiro atoms. The van der Waals surface area contributed by atoms with Crippen molar-refractivity contribution >= 4 is 28.1 Å². The third kappa shape index (κ3) is 5.07. The maximum atomic E-state index is 12.5. The van der Waals surface area contributed by atoms with Gasteiger partial charge in [0.2, 0.25) is 5.91 Å². The number of nitrogens with zero attached hydrogens (tertiary/aromatic N) is 3. The summed E-state index contributed by atoms with van der Waals surface area (Å²) in [7, 11) is 3.74. The van der Waals surface area contributed by atoms with Crippen LogP contribution in [-0.2, 0) is 17.9 Å². The van der Waals surface area contributed by atoms with E-state index in [1.807, 2.05) is 31.4 Å². The van der Waals surface area contributed by atoms with E-state index in [-0.39, 0.29) is 5.91 Å². The first-order valence-corrected chi connectivity index (χ1v) is 10.8. The Balaban J connectivity index is 1.77. The van der Waals surface area contributed by atoms with Gasteiger partial charge < -0.3 is 4.74 Å². The Bertz CT molecular complexity index is 1000. The van der Waals surface area contributed by atoms with Gasteiger partial charge >= 0.3 is 0 Å². The van der Waals surface area contributed by atoms with Gasteiger partial charge in [-0.15, -0.1) is 11.3 Å². The van der Waals surface area contributed by atoms with Crippen molar-refractivity contribution in [2.45, 2.75) is 40.8 Å². The number of amides is 1. The maximum Gasteiger partial charge on any atom is 0.230 e. The van der Waals surface area contributed by atoms with E-state index in [1.165, 1.54) is 22.5 Å². The Hall–Kier alpha value is -2.70. The molecule has 6 heteroatoms. The molecule has 3 rings (SSSR count). The first kappa shape index (κ1) is 22.0. The first-order chi connectivity index (χ1) is 14.3. The largest absolute Gasteiger partial charge is 0.497 e. The number of methoxy groups -OCH3 is 1. The molecule has 0 radical (unpaired) electrons. The predicted molar refractivity (Wildman–Crippen MR) is 124 cm³/mol. The average Bonchev–Trinajstić information content (AvgIpc) is 3.12. The summed E-state index contributed by atoms with van der Waals surface area (Å²) in [4.78, 5) is 21.3. The van der Waals surface area contributed by atoms with Gasteiger partial charge in [0.1, 0.15) is 5.75 Å². The number of hydrogen-bond donors (Lipinski definition) is 0. The summed E-state index contributed by atoms with van der Waals surface area (Å²) in [5.41, 5.74) is 6.45. The lowest BCUT2D eigenvalue weighted by molar-refractivity contribution is -0.115. The number of aryl methyl sites for hydroxylation is 3. The van der Waals surface area contributed by atoms with Crippen LogP contribution in [0.3, 0.4) is 0 Å². The second kappa shape index (κ2) is 9.41. The highest BCUT2D eigenvalue weighted by Crippen LogP contribution is 2.34. The highest BCUT2D eigenvalue weighted by molar-refractivity contribution is 7.14. The van der Waals surface area contributed by atoms with Crippen LogP contribution in [0.25, 0.3) is 0 Å². The molecule has 5 nitrogen and oxygen atoms in total. The van der Waals surface area contributed by atoms with Gasteiger partial charge in [0.25, 0.3) is 0 Å². The summed E-state index contributed by atoms with van der Waals surface area (Å²) in [6.45, 7) is 9.27. The standard InChI is InChI=1S/C24H29N3O2S/c1-16-11-17(2)23(18(3)12-16)27(19(4)28)24-25-21(15-30-24)14-26(5)13-20-7-9-22(29-6)10-8-20/h7-12,15H,13-14H2,1-6H3. The van der Waals surface area contributed by atoms with Crippen molar-refractivity contribution in [3.8, 4) is 5.75 Å². The number of rotatable bonds is 7. The van der Waals surface area contributed by atoms with Crippen LogP contribution in [0.5, 0.6) is 5.75 Å². The lowest BCUT2D eigenvalue weighted by atomic mass is 10.0. The Morgan fingerprint density at radius 1 is 1.07 bits per heavy atom. The van der Waals surface area contributed by atoms with Crippen LogP contribution in [0.1, 0.15) is 34.9 Å². The Kier molecular flexibility index (Phi) is 6.90. The molecule has 0 bridgehead atoms. The van der Waals surface area contributed by atoms with Crippen LogP contribution >= 0.6 is 11.3 Å². The third-order valence-corrected chi connectivity index (χ3v) is 5.82. The molecule has 30 heavy (non-hydrogen) atoms. The fourth-order valence-electron chi connectivity index (χ4n) is 3.76. The van der Waals surface area contributed by atoms with Crippen LogP contribution < -0.4 is 9.64 Å². The molecule has 0 aliphatic carbocycles. The van der Waals surface area contributed by atoms with Crippen molar-refractivity contribution in [1.29, 1.82) is 0 Å². The zero-order valence-corrected chi connectivity index (χ0v) is 19.3. The summed E-state index contributed by atoms with van der Waals surface area (Å²) >= 11 is 1.51. The van der Waals surface area contributed by atoms with Crippen molar-refractivity contribution in [3.05, 3.63) is 69.7 Å². The van der Waals surface area contributed by atoms with Gasteiger partial charge in [-0.1, -0.05) is 29.8 Å². The van der Waals surface area contributed by atoms with E-state index in [9.17, 15) is 4.79 Å². The Morgan fingerprint density at radius 2 is 1.70 bits per heavy atom. The van der Waals surface area contributed by atoms with Crippen LogP contribution in [0, 0.1) is 20.8 Å². The molecule has 0 aliphatic rings. The molecule has 0 unspecified atom stereocenters. The molecule has 1 aromatic heterocycles. The van der Waals surface area contributed by atoms with E-state index in [4.69, 9.17) is 9.72 Å². The molecular formula is C24H29N3O2S. The summed E-state index contributed by atoms with van der Waals surface area (Å²) in [6, 6.07) is 12.3. The van der Waals surface area contributed by atoms with Crippen molar-refractivity contribution in [2.75, 3.05) is 19.1 Å². The first-order valence-electron chi connectivity index (χ1n) is 9.93. The summed E-state index contributed by atoms with van der Waals surface area (Å²) in [6.07, 6.45) is 0. The van der Waals surface area contributed by atoms with E-state index in [2.05, 4.69) is 43.1 Å². The number of anilines is 2. The number of aromatic nitrogens is 1. The minimum Gasteiger partial charge on any atom is -0.497 e. The molecule has 0 atom stereocenters. The lowest BCUT2D eigenvalue weighted by Crippen LogP contribution is -2.24. The fraction of sp³-hybridized carbons (Fsp3) is 0.333. The van der Waals surface area contributed by atoms with Crippen molar-refractivity contribution in [1.82, 2.24) is 9.88 Å². The van der Waals surface area contributed by atoms with Crippen molar-refractivity contribution in [3.63, 3.8) is 0 Å². The molecular weight excluding hydrogens is 394 g/mol. The quantitative estimate of drug-likeness (QED) is 0.511. The Labute approximate surface area is 182 Å². The zero-order chi connectivity index (χ0) is 21.8. The monoisotopic (exact) mass is 423 g/mol. The van der Waals surface area contributed by atoms with Gasteiger partial charge in [-0.2, -0.15) is 0 Å². The van der Waals surface area contributed by atoms with E-state index >= 15 is 0 Å². The molecule has 0 N–H and O–H groups in total.